The van der Waals surface area contributed by atoms with Crippen molar-refractivity contribution in [2.75, 3.05) is 11.6 Å². The molecule has 2 heterocycles. The molecule has 0 aliphatic rings. The van der Waals surface area contributed by atoms with Gasteiger partial charge in [0.05, 0.1) is 17.8 Å². The average molecular weight is 357 g/mol. The van der Waals surface area contributed by atoms with Gasteiger partial charge in [-0.3, -0.25) is 9.48 Å². The number of hydrogen-bond acceptors (Lipinski definition) is 6. The molecule has 0 unspecified atom stereocenters. The summed E-state index contributed by atoms with van der Waals surface area (Å²) in [7, 11) is 1.88. The summed E-state index contributed by atoms with van der Waals surface area (Å²) < 4.78 is 3.43. The van der Waals surface area contributed by atoms with Gasteiger partial charge in [-0.25, -0.2) is 0 Å². The lowest BCUT2D eigenvalue weighted by Gasteiger charge is -2.08. The normalized spacial score (nSPS) is 10.9. The summed E-state index contributed by atoms with van der Waals surface area (Å²) in [6.45, 7) is 3.88. The first-order valence-corrected chi connectivity index (χ1v) is 8.93. The van der Waals surface area contributed by atoms with E-state index in [2.05, 4.69) is 25.9 Å². The van der Waals surface area contributed by atoms with E-state index >= 15 is 0 Å². The molecule has 0 fully saturated rings. The summed E-state index contributed by atoms with van der Waals surface area (Å²) >= 11 is 1.45. The Labute approximate surface area is 149 Å². The minimum Gasteiger partial charge on any atom is -0.326 e. The van der Waals surface area contributed by atoms with Crippen molar-refractivity contribution in [2.45, 2.75) is 25.4 Å². The third kappa shape index (κ3) is 3.55. The standard InChI is InChI=1S/C16H19N7OS/c1-10-14(11(2)22(3)19-10)9-15(24)17-12-6-5-7-13(8-12)23-16(25-4)18-20-21-23/h5-8H,9H2,1-4H3,(H,17,24). The molecule has 3 aromatic rings. The lowest BCUT2D eigenvalue weighted by molar-refractivity contribution is -0.115. The van der Waals surface area contributed by atoms with Gasteiger partial charge in [-0.2, -0.15) is 9.78 Å². The van der Waals surface area contributed by atoms with Gasteiger partial charge >= 0.3 is 0 Å². The largest absolute Gasteiger partial charge is 0.326 e. The first kappa shape index (κ1) is 17.2. The number of aryl methyl sites for hydroxylation is 2. The quantitative estimate of drug-likeness (QED) is 0.702. The van der Waals surface area contributed by atoms with Gasteiger partial charge in [0.2, 0.25) is 11.1 Å². The summed E-state index contributed by atoms with van der Waals surface area (Å²) in [5, 5.41) is 19.6. The van der Waals surface area contributed by atoms with E-state index in [4.69, 9.17) is 0 Å². The summed E-state index contributed by atoms with van der Waals surface area (Å²) in [5.74, 6) is -0.0850. The number of benzene rings is 1. The second-order valence-corrected chi connectivity index (χ2v) is 6.40. The second kappa shape index (κ2) is 7.06. The third-order valence-corrected chi connectivity index (χ3v) is 4.61. The molecule has 0 saturated heterocycles. The molecule has 0 atom stereocenters. The van der Waals surface area contributed by atoms with Crippen molar-refractivity contribution in [3.05, 3.63) is 41.2 Å². The number of tetrazole rings is 1. The number of rotatable bonds is 5. The van der Waals surface area contributed by atoms with Crippen LogP contribution in [0.2, 0.25) is 0 Å². The zero-order valence-electron chi connectivity index (χ0n) is 14.5. The molecule has 130 valence electrons. The van der Waals surface area contributed by atoms with Crippen LogP contribution in [0.1, 0.15) is 17.0 Å². The lowest BCUT2D eigenvalue weighted by Crippen LogP contribution is -2.15. The van der Waals surface area contributed by atoms with Crippen LogP contribution in [0.5, 0.6) is 0 Å². The minimum atomic E-state index is -0.0850. The van der Waals surface area contributed by atoms with Gasteiger partial charge in [0.25, 0.3) is 0 Å². The van der Waals surface area contributed by atoms with Crippen LogP contribution >= 0.6 is 11.8 Å². The van der Waals surface area contributed by atoms with Crippen LogP contribution in [0.3, 0.4) is 0 Å². The number of anilines is 1. The third-order valence-electron chi connectivity index (χ3n) is 3.99. The highest BCUT2D eigenvalue weighted by Gasteiger charge is 2.14. The van der Waals surface area contributed by atoms with E-state index in [-0.39, 0.29) is 12.3 Å². The molecule has 0 radical (unpaired) electrons. The molecule has 1 amide bonds. The van der Waals surface area contributed by atoms with E-state index in [9.17, 15) is 4.79 Å². The predicted octanol–water partition coefficient (Wildman–Crippen LogP) is 1.92. The Bertz CT molecular complexity index is 915. The second-order valence-electron chi connectivity index (χ2n) is 5.63. The first-order valence-electron chi connectivity index (χ1n) is 7.71. The van der Waals surface area contributed by atoms with Gasteiger partial charge in [0.15, 0.2) is 0 Å². The van der Waals surface area contributed by atoms with Crippen molar-refractivity contribution in [3.63, 3.8) is 0 Å². The highest BCUT2D eigenvalue weighted by Crippen LogP contribution is 2.19. The fourth-order valence-corrected chi connectivity index (χ4v) is 3.06. The predicted molar refractivity (Wildman–Crippen MR) is 96.0 cm³/mol. The first-order chi connectivity index (χ1) is 12.0. The maximum Gasteiger partial charge on any atom is 0.228 e. The van der Waals surface area contributed by atoms with Crippen molar-refractivity contribution < 1.29 is 4.79 Å². The minimum absolute atomic E-state index is 0.0850. The Hall–Kier alpha value is -2.68. The van der Waals surface area contributed by atoms with E-state index in [0.717, 1.165) is 22.6 Å². The van der Waals surface area contributed by atoms with Crippen LogP contribution in [0.25, 0.3) is 5.69 Å². The molecular weight excluding hydrogens is 338 g/mol. The van der Waals surface area contributed by atoms with Crippen LogP contribution in [0, 0.1) is 13.8 Å². The summed E-state index contributed by atoms with van der Waals surface area (Å²) in [6, 6.07) is 7.43. The maximum atomic E-state index is 12.4. The Morgan fingerprint density at radius 1 is 1.32 bits per heavy atom. The lowest BCUT2D eigenvalue weighted by atomic mass is 10.1. The topological polar surface area (TPSA) is 90.5 Å². The van der Waals surface area contributed by atoms with Crippen LogP contribution in [-0.2, 0) is 18.3 Å². The number of carbonyl (C=O) groups is 1. The Morgan fingerprint density at radius 2 is 2.12 bits per heavy atom. The molecular formula is C16H19N7OS. The van der Waals surface area contributed by atoms with E-state index < -0.39 is 0 Å². The van der Waals surface area contributed by atoms with E-state index in [1.165, 1.54) is 11.8 Å². The molecule has 25 heavy (non-hydrogen) atoms. The number of nitrogens with zero attached hydrogens (tertiary/aromatic N) is 6. The fourth-order valence-electron chi connectivity index (χ4n) is 2.62. The van der Waals surface area contributed by atoms with Crippen molar-refractivity contribution in [2.24, 2.45) is 7.05 Å². The number of thioether (sulfide) groups is 1. The average Bonchev–Trinajstić information content (AvgIpc) is 3.15. The zero-order valence-corrected chi connectivity index (χ0v) is 15.3. The molecule has 9 heteroatoms. The van der Waals surface area contributed by atoms with Crippen molar-refractivity contribution in [3.8, 4) is 5.69 Å². The van der Waals surface area contributed by atoms with E-state index in [0.29, 0.717) is 10.8 Å². The zero-order chi connectivity index (χ0) is 18.0. The highest BCUT2D eigenvalue weighted by molar-refractivity contribution is 7.98. The number of carbonyl (C=O) groups excluding carboxylic acids is 1. The molecule has 0 aliphatic carbocycles. The molecule has 1 aromatic carbocycles. The van der Waals surface area contributed by atoms with Crippen LogP contribution in [-0.4, -0.2) is 42.2 Å². The fraction of sp³-hybridized carbons (Fsp3) is 0.312. The smallest absolute Gasteiger partial charge is 0.228 e. The summed E-state index contributed by atoms with van der Waals surface area (Å²) in [4.78, 5) is 12.4. The molecule has 1 N–H and O–H groups in total. The molecule has 3 rings (SSSR count). The monoisotopic (exact) mass is 357 g/mol. The van der Waals surface area contributed by atoms with Gasteiger partial charge in [-0.1, -0.05) is 17.8 Å². The van der Waals surface area contributed by atoms with Gasteiger partial charge in [-0.05, 0) is 48.7 Å². The Kier molecular flexibility index (Phi) is 4.84. The molecule has 0 spiro atoms. The van der Waals surface area contributed by atoms with Gasteiger partial charge in [-0.15, -0.1) is 5.10 Å². The van der Waals surface area contributed by atoms with E-state index in [1.807, 2.05) is 51.4 Å². The number of amides is 1. The molecule has 0 bridgehead atoms. The molecule has 0 saturated carbocycles. The van der Waals surface area contributed by atoms with Gasteiger partial charge in [0, 0.05) is 24.0 Å². The van der Waals surface area contributed by atoms with Crippen molar-refractivity contribution in [1.29, 1.82) is 0 Å². The van der Waals surface area contributed by atoms with Gasteiger partial charge < -0.3 is 5.32 Å². The molecule has 8 nitrogen and oxygen atoms in total. The van der Waals surface area contributed by atoms with E-state index in [1.54, 1.807) is 9.36 Å². The molecule has 2 aromatic heterocycles. The van der Waals surface area contributed by atoms with Gasteiger partial charge in [0.1, 0.15) is 0 Å². The highest BCUT2D eigenvalue weighted by atomic mass is 32.2. The maximum absolute atomic E-state index is 12.4. The van der Waals surface area contributed by atoms with Crippen LogP contribution in [0.15, 0.2) is 29.4 Å². The molecule has 0 aliphatic heterocycles. The number of hydrogen-bond donors (Lipinski definition) is 1. The SMILES string of the molecule is CSc1nnnn1-c1cccc(NC(=O)Cc2c(C)nn(C)c2C)c1. The van der Waals surface area contributed by atoms with Crippen LogP contribution < -0.4 is 5.32 Å². The summed E-state index contributed by atoms with van der Waals surface area (Å²) in [5.41, 5.74) is 4.33. The van der Waals surface area contributed by atoms with Crippen molar-refractivity contribution >= 4 is 23.4 Å². The summed E-state index contributed by atoms with van der Waals surface area (Å²) in [6.07, 6.45) is 2.20. The number of aromatic nitrogens is 6. The Morgan fingerprint density at radius 3 is 2.80 bits per heavy atom. The van der Waals surface area contributed by atoms with Crippen LogP contribution in [0.4, 0.5) is 5.69 Å². The Balaban J connectivity index is 1.77. The number of nitrogens with one attached hydrogen (secondary N) is 1. The van der Waals surface area contributed by atoms with Crippen molar-refractivity contribution in [1.82, 2.24) is 30.0 Å².